The van der Waals surface area contributed by atoms with Crippen molar-refractivity contribution in [3.63, 3.8) is 0 Å². The molecule has 0 aliphatic heterocycles. The fourth-order valence-corrected chi connectivity index (χ4v) is 4.55. The summed E-state index contributed by atoms with van der Waals surface area (Å²) >= 11 is 0. The van der Waals surface area contributed by atoms with Crippen LogP contribution in [0.5, 0.6) is 0 Å². The Morgan fingerprint density at radius 2 is 1.91 bits per heavy atom. The lowest BCUT2D eigenvalue weighted by Gasteiger charge is -2.16. The number of aromatic nitrogens is 4. The predicted molar refractivity (Wildman–Crippen MR) is 126 cm³/mol. The molecular weight excluding hydrogens is 402 g/mol. The first-order valence-corrected chi connectivity index (χ1v) is 11.2. The molecule has 1 atom stereocenters. The number of rotatable bonds is 7. The van der Waals surface area contributed by atoms with Gasteiger partial charge in [0, 0.05) is 30.6 Å². The summed E-state index contributed by atoms with van der Waals surface area (Å²) in [6.07, 6.45) is 7.09. The maximum Gasteiger partial charge on any atom is 0.224 e. The second kappa shape index (κ2) is 8.63. The Morgan fingerprint density at radius 3 is 2.59 bits per heavy atom. The molecule has 3 aromatic heterocycles. The van der Waals surface area contributed by atoms with Gasteiger partial charge < -0.3 is 25.8 Å². The lowest BCUT2D eigenvalue weighted by Crippen LogP contribution is -2.21. The van der Waals surface area contributed by atoms with E-state index in [4.69, 9.17) is 20.9 Å². The molecule has 8 nitrogen and oxygen atoms in total. The van der Waals surface area contributed by atoms with Gasteiger partial charge in [-0.3, -0.25) is 0 Å². The molecule has 5 rings (SSSR count). The van der Waals surface area contributed by atoms with Crippen molar-refractivity contribution in [2.75, 3.05) is 11.1 Å². The van der Waals surface area contributed by atoms with E-state index < -0.39 is 0 Å². The molecular formula is C24H29N7O. The van der Waals surface area contributed by atoms with Crippen LogP contribution in [0.15, 0.2) is 47.1 Å². The minimum Gasteiger partial charge on any atom is -0.464 e. The van der Waals surface area contributed by atoms with Gasteiger partial charge in [-0.05, 0) is 37.5 Å². The molecule has 3 heterocycles. The lowest BCUT2D eigenvalue weighted by molar-refractivity contribution is 0.499. The van der Waals surface area contributed by atoms with Crippen molar-refractivity contribution in [2.24, 2.45) is 5.73 Å². The van der Waals surface area contributed by atoms with Crippen LogP contribution in [0.25, 0.3) is 22.5 Å². The fourth-order valence-electron chi connectivity index (χ4n) is 4.55. The van der Waals surface area contributed by atoms with Crippen molar-refractivity contribution in [3.05, 3.63) is 54.0 Å². The van der Waals surface area contributed by atoms with E-state index in [1.54, 1.807) is 6.26 Å². The largest absolute Gasteiger partial charge is 0.464 e. The number of fused-ring (bicyclic) bond motifs is 1. The molecule has 1 aliphatic rings. The summed E-state index contributed by atoms with van der Waals surface area (Å²) < 4.78 is 7.72. The molecule has 1 fully saturated rings. The first kappa shape index (κ1) is 20.5. The van der Waals surface area contributed by atoms with Crippen LogP contribution in [0.2, 0.25) is 0 Å². The van der Waals surface area contributed by atoms with Gasteiger partial charge in [0.05, 0.1) is 6.26 Å². The molecule has 8 heteroatoms. The Morgan fingerprint density at radius 1 is 1.12 bits per heavy atom. The number of anilines is 2. The Hall–Kier alpha value is -3.39. The number of imidazole rings is 1. The van der Waals surface area contributed by atoms with Crippen molar-refractivity contribution in [3.8, 4) is 11.3 Å². The summed E-state index contributed by atoms with van der Waals surface area (Å²) in [6, 6.07) is 12.5. The molecule has 1 saturated carbocycles. The average Bonchev–Trinajstić information content (AvgIpc) is 3.53. The number of hydrogen-bond donors (Lipinski definition) is 3. The topological polar surface area (TPSA) is 121 Å². The zero-order chi connectivity index (χ0) is 22.1. The number of nitrogens with zero attached hydrogens (tertiary/aromatic N) is 4. The summed E-state index contributed by atoms with van der Waals surface area (Å²) in [5, 5.41) is 3.42. The van der Waals surface area contributed by atoms with Crippen molar-refractivity contribution in [1.29, 1.82) is 0 Å². The molecule has 1 aromatic carbocycles. The smallest absolute Gasteiger partial charge is 0.224 e. The Labute approximate surface area is 187 Å². The number of benzene rings is 1. The van der Waals surface area contributed by atoms with Gasteiger partial charge in [-0.15, -0.1) is 0 Å². The van der Waals surface area contributed by atoms with Gasteiger partial charge in [-0.25, -0.2) is 4.98 Å². The first-order chi connectivity index (χ1) is 15.6. The third-order valence-corrected chi connectivity index (χ3v) is 6.04. The number of furan rings is 1. The molecule has 0 radical (unpaired) electrons. The Kier molecular flexibility index (Phi) is 5.53. The van der Waals surface area contributed by atoms with Gasteiger partial charge in [0.25, 0.3) is 0 Å². The van der Waals surface area contributed by atoms with Crippen LogP contribution >= 0.6 is 0 Å². The summed E-state index contributed by atoms with van der Waals surface area (Å²) in [4.78, 5) is 14.0. The van der Waals surface area contributed by atoms with Gasteiger partial charge in [0.2, 0.25) is 5.95 Å². The van der Waals surface area contributed by atoms with E-state index in [-0.39, 0.29) is 12.0 Å². The van der Waals surface area contributed by atoms with Crippen LogP contribution in [0, 0.1) is 0 Å². The molecule has 0 spiro atoms. The lowest BCUT2D eigenvalue weighted by atomic mass is 10.1. The summed E-state index contributed by atoms with van der Waals surface area (Å²) in [6.45, 7) is 2.60. The summed E-state index contributed by atoms with van der Waals surface area (Å²) in [5.41, 5.74) is 16.0. The highest BCUT2D eigenvalue weighted by Gasteiger charge is 2.25. The van der Waals surface area contributed by atoms with Gasteiger partial charge in [0.15, 0.2) is 17.0 Å². The van der Waals surface area contributed by atoms with Gasteiger partial charge in [-0.2, -0.15) is 9.97 Å². The third-order valence-electron chi connectivity index (χ3n) is 6.04. The monoisotopic (exact) mass is 431 g/mol. The molecule has 0 bridgehead atoms. The molecule has 1 unspecified atom stereocenters. The predicted octanol–water partition coefficient (Wildman–Crippen LogP) is 4.29. The summed E-state index contributed by atoms with van der Waals surface area (Å²) in [5.74, 6) is 2.73. The van der Waals surface area contributed by atoms with E-state index in [0.717, 1.165) is 46.7 Å². The molecule has 166 valence electrons. The number of nitrogens with one attached hydrogen (secondary N) is 1. The average molecular weight is 432 g/mol. The molecule has 1 aliphatic carbocycles. The summed E-state index contributed by atoms with van der Waals surface area (Å²) in [7, 11) is 0. The van der Waals surface area contributed by atoms with Gasteiger partial charge >= 0.3 is 0 Å². The van der Waals surface area contributed by atoms with E-state index in [0.29, 0.717) is 24.8 Å². The molecule has 4 aromatic rings. The minimum atomic E-state index is 0.0151. The SMILES string of the molecule is CC(N)Cc1nc2c(NCc3ccc(-c4ccco4)cc3)nc(N)nc2n1C1CCCC1. The highest BCUT2D eigenvalue weighted by Crippen LogP contribution is 2.35. The Balaban J connectivity index is 1.44. The van der Waals surface area contributed by atoms with Crippen molar-refractivity contribution >= 4 is 22.9 Å². The van der Waals surface area contributed by atoms with Crippen LogP contribution in [0.4, 0.5) is 11.8 Å². The second-order valence-corrected chi connectivity index (χ2v) is 8.65. The highest BCUT2D eigenvalue weighted by atomic mass is 16.3. The maximum absolute atomic E-state index is 6.13. The Bertz CT molecular complexity index is 1190. The number of hydrogen-bond acceptors (Lipinski definition) is 7. The number of nitrogens with two attached hydrogens (primary N) is 2. The van der Waals surface area contributed by atoms with Gasteiger partial charge in [-0.1, -0.05) is 37.1 Å². The standard InChI is InChI=1S/C24H29N7O/c1-15(25)13-20-28-21-22(29-24(26)30-23(21)31(20)18-5-2-3-6-18)27-14-16-8-10-17(11-9-16)19-7-4-12-32-19/h4,7-12,15,18H,2-3,5-6,13-14,25H2,1H3,(H3,26,27,29,30). The van der Waals surface area contributed by atoms with Crippen molar-refractivity contribution in [1.82, 2.24) is 19.5 Å². The first-order valence-electron chi connectivity index (χ1n) is 11.2. The van der Waals surface area contributed by atoms with Crippen LogP contribution in [-0.4, -0.2) is 25.6 Å². The molecule has 0 amide bonds. The van der Waals surface area contributed by atoms with Crippen molar-refractivity contribution < 1.29 is 4.42 Å². The van der Waals surface area contributed by atoms with Crippen LogP contribution < -0.4 is 16.8 Å². The van der Waals surface area contributed by atoms with Crippen LogP contribution in [0.1, 0.15) is 50.0 Å². The van der Waals surface area contributed by atoms with E-state index in [2.05, 4.69) is 44.1 Å². The zero-order valence-electron chi connectivity index (χ0n) is 18.3. The minimum absolute atomic E-state index is 0.0151. The number of nitrogen functional groups attached to an aromatic ring is 1. The van der Waals surface area contributed by atoms with E-state index in [1.165, 1.54) is 12.8 Å². The molecule has 32 heavy (non-hydrogen) atoms. The van der Waals surface area contributed by atoms with E-state index >= 15 is 0 Å². The quantitative estimate of drug-likeness (QED) is 0.399. The maximum atomic E-state index is 6.13. The third kappa shape index (κ3) is 4.05. The normalized spacial score (nSPS) is 15.4. The molecule has 5 N–H and O–H groups in total. The zero-order valence-corrected chi connectivity index (χ0v) is 18.3. The fraction of sp³-hybridized carbons (Fsp3) is 0.375. The second-order valence-electron chi connectivity index (χ2n) is 8.65. The van der Waals surface area contributed by atoms with Crippen LogP contribution in [-0.2, 0) is 13.0 Å². The van der Waals surface area contributed by atoms with Gasteiger partial charge in [0.1, 0.15) is 11.6 Å². The van der Waals surface area contributed by atoms with E-state index in [9.17, 15) is 0 Å². The van der Waals surface area contributed by atoms with E-state index in [1.807, 2.05) is 19.1 Å². The van der Waals surface area contributed by atoms with Crippen molar-refractivity contribution in [2.45, 2.75) is 57.7 Å². The highest BCUT2D eigenvalue weighted by molar-refractivity contribution is 5.85. The van der Waals surface area contributed by atoms with Crippen LogP contribution in [0.3, 0.4) is 0 Å². The molecule has 0 saturated heterocycles.